The van der Waals surface area contributed by atoms with E-state index >= 15 is 0 Å². The molecule has 0 unspecified atom stereocenters. The lowest BCUT2D eigenvalue weighted by Crippen LogP contribution is -2.46. The average molecular weight is 468 g/mol. The SMILES string of the molecule is CCN1CCN(c2cc(C(C)(C)C)nc(SCc3ccc(C(=O)N4CCCC4)cc3)n2)CC1. The van der Waals surface area contributed by atoms with Crippen LogP contribution in [-0.2, 0) is 11.2 Å². The molecule has 0 saturated carbocycles. The van der Waals surface area contributed by atoms with Crippen LogP contribution in [0.15, 0.2) is 35.5 Å². The number of hydrogen-bond acceptors (Lipinski definition) is 6. The van der Waals surface area contributed by atoms with E-state index in [4.69, 9.17) is 9.97 Å². The van der Waals surface area contributed by atoms with Gasteiger partial charge in [0.25, 0.3) is 5.91 Å². The number of likely N-dealkylation sites (tertiary alicyclic amines) is 1. The number of anilines is 1. The Kier molecular flexibility index (Phi) is 7.59. The van der Waals surface area contributed by atoms with E-state index in [2.05, 4.69) is 55.7 Å². The number of likely N-dealkylation sites (N-methyl/N-ethyl adjacent to an activating group) is 1. The van der Waals surface area contributed by atoms with Gasteiger partial charge in [-0.05, 0) is 37.1 Å². The van der Waals surface area contributed by atoms with Crippen LogP contribution in [0.25, 0.3) is 0 Å². The summed E-state index contributed by atoms with van der Waals surface area (Å²) in [4.78, 5) is 29.3. The second-order valence-corrected chi connectivity index (χ2v) is 11.0. The molecule has 7 heteroatoms. The summed E-state index contributed by atoms with van der Waals surface area (Å²) in [7, 11) is 0. The minimum atomic E-state index is -0.0319. The Morgan fingerprint density at radius 1 is 0.970 bits per heavy atom. The van der Waals surface area contributed by atoms with Gasteiger partial charge in [-0.2, -0.15) is 0 Å². The molecule has 2 aromatic rings. The number of aromatic nitrogens is 2. The van der Waals surface area contributed by atoms with Crippen molar-refractivity contribution in [2.75, 3.05) is 50.7 Å². The molecule has 0 spiro atoms. The number of nitrogens with zero attached hydrogens (tertiary/aromatic N) is 5. The van der Waals surface area contributed by atoms with Crippen molar-refractivity contribution in [2.45, 2.75) is 56.9 Å². The van der Waals surface area contributed by atoms with Gasteiger partial charge in [-0.15, -0.1) is 0 Å². The molecule has 4 rings (SSSR count). The lowest BCUT2D eigenvalue weighted by Gasteiger charge is -2.35. The molecule has 6 nitrogen and oxygen atoms in total. The second kappa shape index (κ2) is 10.4. The maximum atomic E-state index is 12.6. The number of carbonyl (C=O) groups excluding carboxylic acids is 1. The molecule has 33 heavy (non-hydrogen) atoms. The van der Waals surface area contributed by atoms with Crippen molar-refractivity contribution in [1.82, 2.24) is 19.8 Å². The molecular formula is C26H37N5OS. The third-order valence-electron chi connectivity index (χ3n) is 6.57. The van der Waals surface area contributed by atoms with E-state index in [-0.39, 0.29) is 11.3 Å². The fourth-order valence-electron chi connectivity index (χ4n) is 4.31. The average Bonchev–Trinajstić information content (AvgIpc) is 3.37. The van der Waals surface area contributed by atoms with Crippen molar-refractivity contribution < 1.29 is 4.79 Å². The van der Waals surface area contributed by atoms with Crippen LogP contribution in [0.5, 0.6) is 0 Å². The number of rotatable bonds is 6. The molecule has 0 radical (unpaired) electrons. The van der Waals surface area contributed by atoms with Crippen molar-refractivity contribution in [3.8, 4) is 0 Å². The Hall–Kier alpha value is -2.12. The zero-order valence-electron chi connectivity index (χ0n) is 20.5. The lowest BCUT2D eigenvalue weighted by atomic mass is 9.92. The van der Waals surface area contributed by atoms with Gasteiger partial charge in [-0.1, -0.05) is 51.6 Å². The summed E-state index contributed by atoms with van der Waals surface area (Å²) in [5.74, 6) is 1.98. The highest BCUT2D eigenvalue weighted by molar-refractivity contribution is 7.98. The van der Waals surface area contributed by atoms with Gasteiger partial charge in [-0.25, -0.2) is 9.97 Å². The van der Waals surface area contributed by atoms with E-state index in [9.17, 15) is 4.79 Å². The first-order valence-electron chi connectivity index (χ1n) is 12.2. The maximum absolute atomic E-state index is 12.6. The molecule has 0 aliphatic carbocycles. The van der Waals surface area contributed by atoms with Crippen LogP contribution in [0.1, 0.15) is 62.2 Å². The molecule has 1 amide bonds. The standard InChI is InChI=1S/C26H37N5OS/c1-5-29-14-16-30(17-15-29)23-18-22(26(2,3)4)27-25(28-23)33-19-20-8-10-21(11-9-20)24(32)31-12-6-7-13-31/h8-11,18H,5-7,12-17,19H2,1-4H3. The zero-order valence-corrected chi connectivity index (χ0v) is 21.3. The first-order chi connectivity index (χ1) is 15.8. The maximum Gasteiger partial charge on any atom is 0.253 e. The monoisotopic (exact) mass is 467 g/mol. The van der Waals surface area contributed by atoms with E-state index in [1.54, 1.807) is 11.8 Å². The summed E-state index contributed by atoms with van der Waals surface area (Å²) in [6, 6.07) is 10.2. The third-order valence-corrected chi connectivity index (χ3v) is 7.48. The van der Waals surface area contributed by atoms with Gasteiger partial charge in [0.15, 0.2) is 5.16 Å². The number of piperazine rings is 1. The van der Waals surface area contributed by atoms with Crippen LogP contribution in [0.2, 0.25) is 0 Å². The molecule has 2 aliphatic rings. The van der Waals surface area contributed by atoms with Crippen LogP contribution >= 0.6 is 11.8 Å². The number of hydrogen-bond donors (Lipinski definition) is 0. The molecule has 1 aromatic heterocycles. The third kappa shape index (κ3) is 6.07. The van der Waals surface area contributed by atoms with Crippen LogP contribution in [0.3, 0.4) is 0 Å². The quantitative estimate of drug-likeness (QED) is 0.462. The molecule has 3 heterocycles. The minimum Gasteiger partial charge on any atom is -0.354 e. The van der Waals surface area contributed by atoms with E-state index in [0.29, 0.717) is 0 Å². The van der Waals surface area contributed by atoms with E-state index in [1.807, 2.05) is 17.0 Å². The number of thioether (sulfide) groups is 1. The Bertz CT molecular complexity index is 942. The van der Waals surface area contributed by atoms with E-state index in [1.165, 1.54) is 5.56 Å². The molecule has 2 saturated heterocycles. The Balaban J connectivity index is 1.45. The van der Waals surface area contributed by atoms with Crippen LogP contribution in [0, 0.1) is 0 Å². The van der Waals surface area contributed by atoms with Crippen LogP contribution in [0.4, 0.5) is 5.82 Å². The summed E-state index contributed by atoms with van der Waals surface area (Å²) in [5, 5.41) is 0.826. The van der Waals surface area contributed by atoms with Gasteiger partial charge in [0, 0.05) is 62.1 Å². The normalized spacial score (nSPS) is 17.6. The van der Waals surface area contributed by atoms with Gasteiger partial charge >= 0.3 is 0 Å². The smallest absolute Gasteiger partial charge is 0.253 e. The number of carbonyl (C=O) groups is 1. The molecule has 0 N–H and O–H groups in total. The van der Waals surface area contributed by atoms with Crippen molar-refractivity contribution in [3.63, 3.8) is 0 Å². The van der Waals surface area contributed by atoms with Crippen molar-refractivity contribution in [1.29, 1.82) is 0 Å². The molecular weight excluding hydrogens is 430 g/mol. The Morgan fingerprint density at radius 3 is 2.24 bits per heavy atom. The molecule has 178 valence electrons. The first kappa shape index (κ1) is 24.0. The molecule has 2 fully saturated rings. The second-order valence-electron chi connectivity index (χ2n) is 10.1. The molecule has 0 bridgehead atoms. The summed E-state index contributed by atoms with van der Waals surface area (Å²) in [5.41, 5.74) is 3.01. The van der Waals surface area contributed by atoms with Crippen molar-refractivity contribution >= 4 is 23.5 Å². The predicted octanol–water partition coefficient (Wildman–Crippen LogP) is 4.44. The Morgan fingerprint density at radius 2 is 1.64 bits per heavy atom. The van der Waals surface area contributed by atoms with Gasteiger partial charge in [0.1, 0.15) is 5.82 Å². The number of benzene rings is 1. The van der Waals surface area contributed by atoms with Gasteiger partial charge in [0.05, 0.1) is 5.69 Å². The van der Waals surface area contributed by atoms with Gasteiger partial charge in [0.2, 0.25) is 0 Å². The highest BCUT2D eigenvalue weighted by Crippen LogP contribution is 2.29. The van der Waals surface area contributed by atoms with Crippen molar-refractivity contribution in [3.05, 3.63) is 47.2 Å². The highest BCUT2D eigenvalue weighted by Gasteiger charge is 2.23. The Labute approximate surface area is 202 Å². The largest absolute Gasteiger partial charge is 0.354 e. The van der Waals surface area contributed by atoms with Crippen molar-refractivity contribution in [2.24, 2.45) is 0 Å². The minimum absolute atomic E-state index is 0.0319. The fraction of sp³-hybridized carbons (Fsp3) is 0.577. The number of amides is 1. The molecule has 0 atom stereocenters. The predicted molar refractivity (Wildman–Crippen MR) is 136 cm³/mol. The topological polar surface area (TPSA) is 52.6 Å². The van der Waals surface area contributed by atoms with E-state index in [0.717, 1.165) is 86.6 Å². The summed E-state index contributed by atoms with van der Waals surface area (Å²) in [6.07, 6.45) is 2.23. The van der Waals surface area contributed by atoms with Gasteiger partial charge in [-0.3, -0.25) is 4.79 Å². The summed E-state index contributed by atoms with van der Waals surface area (Å²) >= 11 is 1.67. The van der Waals surface area contributed by atoms with E-state index < -0.39 is 0 Å². The van der Waals surface area contributed by atoms with Crippen LogP contribution < -0.4 is 4.90 Å². The first-order valence-corrected chi connectivity index (χ1v) is 13.2. The summed E-state index contributed by atoms with van der Waals surface area (Å²) < 4.78 is 0. The fourth-order valence-corrected chi connectivity index (χ4v) is 5.12. The summed E-state index contributed by atoms with van der Waals surface area (Å²) in [6.45, 7) is 15.9. The van der Waals surface area contributed by atoms with Crippen LogP contribution in [-0.4, -0.2) is 71.5 Å². The molecule has 1 aromatic carbocycles. The van der Waals surface area contributed by atoms with Gasteiger partial charge < -0.3 is 14.7 Å². The zero-order chi connectivity index (χ0) is 23.4. The molecule has 2 aliphatic heterocycles. The lowest BCUT2D eigenvalue weighted by molar-refractivity contribution is 0.0793. The highest BCUT2D eigenvalue weighted by atomic mass is 32.2.